The van der Waals surface area contributed by atoms with E-state index in [2.05, 4.69) is 0 Å². The zero-order valence-corrected chi connectivity index (χ0v) is 11.3. The van der Waals surface area contributed by atoms with Crippen LogP contribution in [0.1, 0.15) is 32.8 Å². The molecule has 4 nitrogen and oxygen atoms in total. The van der Waals surface area contributed by atoms with Gasteiger partial charge in [-0.15, -0.1) is 0 Å². The molecule has 1 aromatic rings. The summed E-state index contributed by atoms with van der Waals surface area (Å²) in [4.78, 5) is 14.3. The molecule has 0 spiro atoms. The van der Waals surface area contributed by atoms with E-state index in [1.54, 1.807) is 0 Å². The highest BCUT2D eigenvalue weighted by Gasteiger charge is 2.31. The summed E-state index contributed by atoms with van der Waals surface area (Å²) in [5, 5.41) is 0. The molecule has 18 heavy (non-hydrogen) atoms. The number of rotatable bonds is 0. The molecule has 0 saturated carbocycles. The van der Waals surface area contributed by atoms with Crippen LogP contribution in [-0.4, -0.2) is 12.5 Å². The summed E-state index contributed by atoms with van der Waals surface area (Å²) >= 11 is 0. The van der Waals surface area contributed by atoms with Gasteiger partial charge in [0.15, 0.2) is 0 Å². The Hall–Kier alpha value is -1.71. The number of nitrogens with two attached hydrogens (primary N) is 2. The van der Waals surface area contributed by atoms with Crippen molar-refractivity contribution in [3.05, 3.63) is 17.7 Å². The normalized spacial score (nSPS) is 15.4. The summed E-state index contributed by atoms with van der Waals surface area (Å²) in [6.45, 7) is 6.56. The van der Waals surface area contributed by atoms with Crippen LogP contribution in [0.3, 0.4) is 0 Å². The predicted molar refractivity (Wildman–Crippen MR) is 75.4 cm³/mol. The van der Waals surface area contributed by atoms with Gasteiger partial charge in [-0.3, -0.25) is 4.79 Å². The first-order chi connectivity index (χ1) is 8.30. The van der Waals surface area contributed by atoms with Gasteiger partial charge in [0.1, 0.15) is 0 Å². The number of carbonyl (C=O) groups excluding carboxylic acids is 1. The SMILES string of the molecule is CC(C)(C)C(=O)N1CCCc2cc(N)c(N)cc21. The van der Waals surface area contributed by atoms with E-state index in [1.807, 2.05) is 37.8 Å². The van der Waals surface area contributed by atoms with Crippen molar-refractivity contribution in [2.45, 2.75) is 33.6 Å². The van der Waals surface area contributed by atoms with Gasteiger partial charge in [0.25, 0.3) is 0 Å². The zero-order valence-electron chi connectivity index (χ0n) is 11.3. The number of aryl methyl sites for hydroxylation is 1. The van der Waals surface area contributed by atoms with Gasteiger partial charge >= 0.3 is 0 Å². The van der Waals surface area contributed by atoms with E-state index in [1.165, 1.54) is 0 Å². The van der Waals surface area contributed by atoms with Crippen molar-refractivity contribution in [3.63, 3.8) is 0 Å². The lowest BCUT2D eigenvalue weighted by Crippen LogP contribution is -2.42. The predicted octanol–water partition coefficient (Wildman–Crippen LogP) is 2.18. The van der Waals surface area contributed by atoms with Gasteiger partial charge in [-0.1, -0.05) is 20.8 Å². The molecule has 0 bridgehead atoms. The molecule has 1 heterocycles. The smallest absolute Gasteiger partial charge is 0.232 e. The number of hydrogen-bond acceptors (Lipinski definition) is 3. The van der Waals surface area contributed by atoms with E-state index in [0.717, 1.165) is 30.6 Å². The van der Waals surface area contributed by atoms with Gasteiger partial charge in [0.2, 0.25) is 5.91 Å². The van der Waals surface area contributed by atoms with Gasteiger partial charge in [-0.05, 0) is 30.5 Å². The van der Waals surface area contributed by atoms with Crippen LogP contribution < -0.4 is 16.4 Å². The number of nitrogens with zero attached hydrogens (tertiary/aromatic N) is 1. The van der Waals surface area contributed by atoms with Gasteiger partial charge < -0.3 is 16.4 Å². The average Bonchev–Trinajstić information content (AvgIpc) is 2.28. The third-order valence-corrected chi connectivity index (χ3v) is 3.29. The quantitative estimate of drug-likeness (QED) is 0.690. The fraction of sp³-hybridized carbons (Fsp3) is 0.500. The molecule has 4 N–H and O–H groups in total. The van der Waals surface area contributed by atoms with Crippen molar-refractivity contribution < 1.29 is 4.79 Å². The summed E-state index contributed by atoms with van der Waals surface area (Å²) in [6, 6.07) is 3.72. The Bertz CT molecular complexity index is 489. The van der Waals surface area contributed by atoms with E-state index in [0.29, 0.717) is 11.4 Å². The van der Waals surface area contributed by atoms with Crippen LogP contribution in [0.4, 0.5) is 17.1 Å². The molecule has 1 aliphatic heterocycles. The van der Waals surface area contributed by atoms with E-state index in [9.17, 15) is 4.79 Å². The number of amides is 1. The fourth-order valence-electron chi connectivity index (χ4n) is 2.28. The van der Waals surface area contributed by atoms with E-state index >= 15 is 0 Å². The maximum Gasteiger partial charge on any atom is 0.232 e. The summed E-state index contributed by atoms with van der Waals surface area (Å²) in [5.74, 6) is 0.132. The lowest BCUT2D eigenvalue weighted by molar-refractivity contribution is -0.125. The Morgan fingerprint density at radius 1 is 1.22 bits per heavy atom. The Kier molecular flexibility index (Phi) is 2.97. The zero-order chi connectivity index (χ0) is 13.5. The number of hydrogen-bond donors (Lipinski definition) is 2. The molecule has 1 aliphatic rings. The summed E-state index contributed by atoms with van der Waals surface area (Å²) in [6.07, 6.45) is 1.92. The van der Waals surface area contributed by atoms with Crippen molar-refractivity contribution in [2.75, 3.05) is 22.9 Å². The lowest BCUT2D eigenvalue weighted by atomic mass is 9.92. The minimum absolute atomic E-state index is 0.132. The Balaban J connectivity index is 2.45. The first-order valence-electron chi connectivity index (χ1n) is 6.30. The van der Waals surface area contributed by atoms with Gasteiger partial charge in [-0.25, -0.2) is 0 Å². The summed E-state index contributed by atoms with van der Waals surface area (Å²) < 4.78 is 0. The first-order valence-corrected chi connectivity index (χ1v) is 6.30. The minimum atomic E-state index is -0.384. The molecule has 1 amide bonds. The largest absolute Gasteiger partial charge is 0.397 e. The molecule has 0 radical (unpaired) electrons. The monoisotopic (exact) mass is 247 g/mol. The third kappa shape index (κ3) is 2.15. The molecule has 0 fully saturated rings. The van der Waals surface area contributed by atoms with Crippen LogP contribution in [0.5, 0.6) is 0 Å². The molecular formula is C14H21N3O. The molecule has 98 valence electrons. The minimum Gasteiger partial charge on any atom is -0.397 e. The van der Waals surface area contributed by atoms with Crippen molar-refractivity contribution in [1.29, 1.82) is 0 Å². The Labute approximate surface area is 108 Å². The molecular weight excluding hydrogens is 226 g/mol. The molecule has 0 unspecified atom stereocenters. The number of fused-ring (bicyclic) bond motifs is 1. The van der Waals surface area contributed by atoms with Crippen molar-refractivity contribution in [2.24, 2.45) is 5.41 Å². The molecule has 0 saturated heterocycles. The van der Waals surface area contributed by atoms with E-state index in [-0.39, 0.29) is 11.3 Å². The lowest BCUT2D eigenvalue weighted by Gasteiger charge is -2.34. The molecule has 0 aromatic heterocycles. The highest BCUT2D eigenvalue weighted by Crippen LogP contribution is 2.34. The first kappa shape index (κ1) is 12.7. The second-order valence-corrected chi connectivity index (χ2v) is 5.92. The average molecular weight is 247 g/mol. The molecule has 2 rings (SSSR count). The second-order valence-electron chi connectivity index (χ2n) is 5.92. The van der Waals surface area contributed by atoms with Crippen molar-refractivity contribution >= 4 is 23.0 Å². The maximum absolute atomic E-state index is 12.4. The highest BCUT2D eigenvalue weighted by atomic mass is 16.2. The number of benzene rings is 1. The maximum atomic E-state index is 12.4. The molecule has 4 heteroatoms. The van der Waals surface area contributed by atoms with Crippen molar-refractivity contribution in [1.82, 2.24) is 0 Å². The van der Waals surface area contributed by atoms with Gasteiger partial charge in [0, 0.05) is 17.6 Å². The summed E-state index contributed by atoms with van der Waals surface area (Å²) in [7, 11) is 0. The topological polar surface area (TPSA) is 72.3 Å². The van der Waals surface area contributed by atoms with Gasteiger partial charge in [-0.2, -0.15) is 0 Å². The van der Waals surface area contributed by atoms with Crippen LogP contribution in [0, 0.1) is 5.41 Å². The fourth-order valence-corrected chi connectivity index (χ4v) is 2.28. The number of nitrogen functional groups attached to an aromatic ring is 2. The summed E-state index contributed by atoms with van der Waals surface area (Å²) in [5.41, 5.74) is 14.5. The number of anilines is 3. The van der Waals surface area contributed by atoms with Crippen LogP contribution in [-0.2, 0) is 11.2 Å². The highest BCUT2D eigenvalue weighted by molar-refractivity contribution is 5.99. The molecule has 0 aliphatic carbocycles. The Morgan fingerprint density at radius 3 is 2.44 bits per heavy atom. The van der Waals surface area contributed by atoms with Crippen LogP contribution in [0.25, 0.3) is 0 Å². The standard InChI is InChI=1S/C14H21N3O/c1-14(2,3)13(18)17-6-4-5-9-7-10(15)11(16)8-12(9)17/h7-8H,4-6,15-16H2,1-3H3. The molecule has 1 aromatic carbocycles. The second kappa shape index (κ2) is 4.19. The van der Waals surface area contributed by atoms with Crippen LogP contribution >= 0.6 is 0 Å². The van der Waals surface area contributed by atoms with Crippen molar-refractivity contribution in [3.8, 4) is 0 Å². The number of carbonyl (C=O) groups is 1. The third-order valence-electron chi connectivity index (χ3n) is 3.29. The molecule has 0 atom stereocenters. The van der Waals surface area contributed by atoms with E-state index in [4.69, 9.17) is 11.5 Å². The van der Waals surface area contributed by atoms with E-state index < -0.39 is 0 Å². The van der Waals surface area contributed by atoms with Crippen LogP contribution in [0.15, 0.2) is 12.1 Å². The van der Waals surface area contributed by atoms with Gasteiger partial charge in [0.05, 0.1) is 11.4 Å². The Morgan fingerprint density at radius 2 is 1.83 bits per heavy atom. The van der Waals surface area contributed by atoms with Crippen LogP contribution in [0.2, 0.25) is 0 Å².